The van der Waals surface area contributed by atoms with Gasteiger partial charge in [-0.05, 0) is 26.3 Å². The van der Waals surface area contributed by atoms with Crippen LogP contribution in [0.3, 0.4) is 0 Å². The second-order valence-corrected chi connectivity index (χ2v) is 6.66. The highest BCUT2D eigenvalue weighted by atomic mass is 32.1. The molecule has 3 heterocycles. The SMILES string of the molecule is CC(=O)c1c(C)[nH]c(C(=O)OCc2csc(-c3cnn(C)c3)n2)c1C. The Labute approximate surface area is 148 Å². The number of Topliss-reactive ketones (excluding diaryl/α,β-unsaturated/α-hetero) is 1. The fourth-order valence-corrected chi connectivity index (χ4v) is 3.51. The second-order valence-electron chi connectivity index (χ2n) is 5.80. The van der Waals surface area contributed by atoms with Crippen molar-refractivity contribution in [2.24, 2.45) is 7.05 Å². The van der Waals surface area contributed by atoms with Crippen LogP contribution in [0.4, 0.5) is 0 Å². The quantitative estimate of drug-likeness (QED) is 0.559. The molecule has 0 bridgehead atoms. The highest BCUT2D eigenvalue weighted by Crippen LogP contribution is 2.24. The lowest BCUT2D eigenvalue weighted by molar-refractivity contribution is 0.0461. The minimum atomic E-state index is -0.496. The number of hydrogen-bond donors (Lipinski definition) is 1. The summed E-state index contributed by atoms with van der Waals surface area (Å²) in [5, 5.41) is 6.79. The van der Waals surface area contributed by atoms with E-state index >= 15 is 0 Å². The smallest absolute Gasteiger partial charge is 0.355 e. The number of rotatable bonds is 5. The average Bonchev–Trinajstić information content (AvgIpc) is 3.24. The molecule has 25 heavy (non-hydrogen) atoms. The summed E-state index contributed by atoms with van der Waals surface area (Å²) in [5.74, 6) is -0.574. The van der Waals surface area contributed by atoms with Gasteiger partial charge in [0.2, 0.25) is 0 Å². The monoisotopic (exact) mass is 358 g/mol. The van der Waals surface area contributed by atoms with Crippen LogP contribution in [-0.4, -0.2) is 31.5 Å². The number of thiazole rings is 1. The molecule has 130 valence electrons. The van der Waals surface area contributed by atoms with Crippen LogP contribution < -0.4 is 0 Å². The van der Waals surface area contributed by atoms with Gasteiger partial charge in [-0.1, -0.05) is 0 Å². The van der Waals surface area contributed by atoms with E-state index in [2.05, 4.69) is 15.1 Å². The third-order valence-corrected chi connectivity index (χ3v) is 4.79. The number of nitrogens with one attached hydrogen (secondary N) is 1. The zero-order valence-electron chi connectivity index (χ0n) is 14.4. The number of aryl methyl sites for hydroxylation is 2. The molecule has 0 spiro atoms. The van der Waals surface area contributed by atoms with Crippen molar-refractivity contribution in [3.63, 3.8) is 0 Å². The van der Waals surface area contributed by atoms with E-state index < -0.39 is 5.97 Å². The molecule has 0 fully saturated rings. The van der Waals surface area contributed by atoms with Gasteiger partial charge in [-0.15, -0.1) is 11.3 Å². The summed E-state index contributed by atoms with van der Waals surface area (Å²) in [6.45, 7) is 5.05. The number of carbonyl (C=O) groups is 2. The molecule has 1 N–H and O–H groups in total. The highest BCUT2D eigenvalue weighted by Gasteiger charge is 2.21. The number of carbonyl (C=O) groups excluding carboxylic acids is 2. The van der Waals surface area contributed by atoms with Gasteiger partial charge in [0.1, 0.15) is 17.3 Å². The molecule has 3 aromatic heterocycles. The van der Waals surface area contributed by atoms with Crippen LogP contribution >= 0.6 is 11.3 Å². The molecule has 0 aliphatic rings. The van der Waals surface area contributed by atoms with Crippen LogP contribution in [0, 0.1) is 13.8 Å². The van der Waals surface area contributed by atoms with E-state index in [1.165, 1.54) is 18.3 Å². The van der Waals surface area contributed by atoms with Crippen molar-refractivity contribution in [1.29, 1.82) is 0 Å². The molecule has 0 unspecified atom stereocenters. The minimum absolute atomic E-state index is 0.0719. The van der Waals surface area contributed by atoms with E-state index in [0.717, 1.165) is 10.6 Å². The van der Waals surface area contributed by atoms with Gasteiger partial charge in [0.05, 0.1) is 11.9 Å². The van der Waals surface area contributed by atoms with E-state index in [9.17, 15) is 9.59 Å². The Kier molecular flexibility index (Phi) is 4.54. The van der Waals surface area contributed by atoms with Crippen molar-refractivity contribution in [2.75, 3.05) is 0 Å². The maximum Gasteiger partial charge on any atom is 0.355 e. The number of ether oxygens (including phenoxy) is 1. The molecule has 0 atom stereocenters. The summed E-state index contributed by atoms with van der Waals surface area (Å²) in [5.41, 5.74) is 3.73. The topological polar surface area (TPSA) is 89.9 Å². The summed E-state index contributed by atoms with van der Waals surface area (Å²) in [4.78, 5) is 31.4. The van der Waals surface area contributed by atoms with Gasteiger partial charge in [0, 0.05) is 35.4 Å². The molecular weight excluding hydrogens is 340 g/mol. The largest absolute Gasteiger partial charge is 0.454 e. The Hall–Kier alpha value is -2.74. The van der Waals surface area contributed by atoms with Crippen LogP contribution in [-0.2, 0) is 18.4 Å². The summed E-state index contributed by atoms with van der Waals surface area (Å²) in [6, 6.07) is 0. The summed E-state index contributed by atoms with van der Waals surface area (Å²) >= 11 is 1.47. The predicted octanol–water partition coefficient (Wildman–Crippen LogP) is 3.05. The first-order valence-electron chi connectivity index (χ1n) is 7.67. The zero-order chi connectivity index (χ0) is 18.1. The molecule has 0 saturated carbocycles. The number of ketones is 1. The van der Waals surface area contributed by atoms with Gasteiger partial charge < -0.3 is 9.72 Å². The number of H-pyrrole nitrogens is 1. The van der Waals surface area contributed by atoms with Crippen molar-refractivity contribution in [1.82, 2.24) is 19.7 Å². The molecular formula is C17H18N4O3S. The predicted molar refractivity (Wildman–Crippen MR) is 93.7 cm³/mol. The van der Waals surface area contributed by atoms with Crippen LogP contribution in [0.5, 0.6) is 0 Å². The van der Waals surface area contributed by atoms with Crippen LogP contribution in [0.15, 0.2) is 17.8 Å². The number of aromatic amines is 1. The first kappa shape index (κ1) is 17.1. The molecule has 0 radical (unpaired) electrons. The normalized spacial score (nSPS) is 10.9. The van der Waals surface area contributed by atoms with E-state index in [4.69, 9.17) is 4.74 Å². The van der Waals surface area contributed by atoms with E-state index in [0.29, 0.717) is 28.2 Å². The maximum absolute atomic E-state index is 12.3. The lowest BCUT2D eigenvalue weighted by Gasteiger charge is -2.02. The van der Waals surface area contributed by atoms with Crippen LogP contribution in [0.25, 0.3) is 10.6 Å². The number of hydrogen-bond acceptors (Lipinski definition) is 6. The van der Waals surface area contributed by atoms with Crippen molar-refractivity contribution in [3.05, 3.63) is 46.0 Å². The van der Waals surface area contributed by atoms with Crippen LogP contribution in [0.1, 0.15) is 44.7 Å². The Morgan fingerprint density at radius 3 is 2.72 bits per heavy atom. The minimum Gasteiger partial charge on any atom is -0.454 e. The summed E-state index contributed by atoms with van der Waals surface area (Å²) < 4.78 is 7.05. The lowest BCUT2D eigenvalue weighted by Crippen LogP contribution is -2.08. The number of esters is 1. The summed E-state index contributed by atoms with van der Waals surface area (Å²) in [7, 11) is 1.84. The maximum atomic E-state index is 12.3. The zero-order valence-corrected chi connectivity index (χ0v) is 15.2. The summed E-state index contributed by atoms with van der Waals surface area (Å²) in [6.07, 6.45) is 3.62. The molecule has 0 saturated heterocycles. The van der Waals surface area contributed by atoms with Gasteiger partial charge in [-0.2, -0.15) is 5.10 Å². The Bertz CT molecular complexity index is 951. The van der Waals surface area contributed by atoms with Crippen molar-refractivity contribution in [3.8, 4) is 10.6 Å². The Morgan fingerprint density at radius 1 is 1.36 bits per heavy atom. The molecule has 3 rings (SSSR count). The Morgan fingerprint density at radius 2 is 2.12 bits per heavy atom. The second kappa shape index (κ2) is 6.64. The van der Waals surface area contributed by atoms with Crippen LogP contribution in [0.2, 0.25) is 0 Å². The number of aromatic nitrogens is 4. The van der Waals surface area contributed by atoms with Gasteiger partial charge in [0.15, 0.2) is 5.78 Å². The first-order chi connectivity index (χ1) is 11.9. The fourth-order valence-electron chi connectivity index (χ4n) is 2.73. The van der Waals surface area contributed by atoms with Gasteiger partial charge >= 0.3 is 5.97 Å². The lowest BCUT2D eigenvalue weighted by atomic mass is 10.1. The van der Waals surface area contributed by atoms with Gasteiger partial charge in [0.25, 0.3) is 0 Å². The van der Waals surface area contributed by atoms with Crippen molar-refractivity contribution in [2.45, 2.75) is 27.4 Å². The molecule has 0 aliphatic carbocycles. The van der Waals surface area contributed by atoms with E-state index in [1.54, 1.807) is 24.7 Å². The number of nitrogens with zero attached hydrogens (tertiary/aromatic N) is 3. The standard InChI is InChI=1S/C17H18N4O3S/c1-9-14(11(3)22)10(2)19-15(9)17(23)24-7-13-8-25-16(20-13)12-5-18-21(4)6-12/h5-6,8,19H,7H2,1-4H3. The molecule has 7 nitrogen and oxygen atoms in total. The molecule has 8 heteroatoms. The van der Waals surface area contributed by atoms with Crippen molar-refractivity contribution >= 4 is 23.1 Å². The molecule has 0 aromatic carbocycles. The first-order valence-corrected chi connectivity index (χ1v) is 8.55. The van der Waals surface area contributed by atoms with Gasteiger partial charge in [-0.25, -0.2) is 9.78 Å². The molecule has 0 amide bonds. The molecule has 3 aromatic rings. The highest BCUT2D eigenvalue weighted by molar-refractivity contribution is 7.13. The third kappa shape index (κ3) is 3.39. The molecule has 0 aliphatic heterocycles. The fraction of sp³-hybridized carbons (Fsp3) is 0.294. The average molecular weight is 358 g/mol. The van der Waals surface area contributed by atoms with E-state index in [1.807, 2.05) is 18.6 Å². The van der Waals surface area contributed by atoms with E-state index in [-0.39, 0.29) is 12.4 Å². The van der Waals surface area contributed by atoms with Crippen molar-refractivity contribution < 1.29 is 14.3 Å². The Balaban J connectivity index is 1.70. The van der Waals surface area contributed by atoms with Gasteiger partial charge in [-0.3, -0.25) is 9.48 Å². The third-order valence-electron chi connectivity index (χ3n) is 3.85.